The van der Waals surface area contributed by atoms with Crippen molar-refractivity contribution in [2.45, 2.75) is 45.3 Å². The highest BCUT2D eigenvalue weighted by Crippen LogP contribution is 2.41. The minimum atomic E-state index is -0.462. The maximum atomic E-state index is 6.58. The maximum Gasteiger partial charge on any atom is 0.494 e. The summed E-state index contributed by atoms with van der Waals surface area (Å²) < 4.78 is 25.7. The van der Waals surface area contributed by atoms with Gasteiger partial charge in [-0.3, -0.25) is 0 Å². The zero-order valence-electron chi connectivity index (χ0n) is 24.0. The zero-order valence-corrected chi connectivity index (χ0v) is 24.0. The Morgan fingerprint density at radius 1 is 0.690 bits per heavy atom. The highest BCUT2D eigenvalue weighted by molar-refractivity contribution is 6.62. The van der Waals surface area contributed by atoms with Gasteiger partial charge in [-0.05, 0) is 56.9 Å². The van der Waals surface area contributed by atoms with Crippen LogP contribution in [0.3, 0.4) is 0 Å². The van der Waals surface area contributed by atoms with E-state index in [1.54, 1.807) is 0 Å². The molecule has 7 aromatic rings. The number of benzene rings is 4. The standard InChI is InChI=1S/C35H29BN2O4/c1-5-35(4)34(2,3)41-36(42-35)22-18-19-23-24-15-11-16-26(31(24)40-28(23)20-22)33-37-29(21-12-7-6-8-13-21)32-30(38-33)25-14-9-10-17-27(25)39-32/h6-20H,5H2,1-4H3. The minimum Gasteiger partial charge on any atom is -0.455 e. The van der Waals surface area contributed by atoms with Gasteiger partial charge in [0.1, 0.15) is 28.0 Å². The summed E-state index contributed by atoms with van der Waals surface area (Å²) in [5, 5.41) is 2.97. The molecule has 0 spiro atoms. The molecule has 0 bridgehead atoms. The Morgan fingerprint density at radius 3 is 2.26 bits per heavy atom. The van der Waals surface area contributed by atoms with Crippen LogP contribution < -0.4 is 5.46 Å². The van der Waals surface area contributed by atoms with Gasteiger partial charge in [-0.25, -0.2) is 9.97 Å². The van der Waals surface area contributed by atoms with Crippen LogP contribution in [0.2, 0.25) is 0 Å². The second kappa shape index (κ2) is 9.02. The Balaban J connectivity index is 1.31. The molecule has 206 valence electrons. The number of para-hydroxylation sites is 2. The van der Waals surface area contributed by atoms with Crippen molar-refractivity contribution < 1.29 is 18.1 Å². The lowest BCUT2D eigenvalue weighted by Crippen LogP contribution is -2.44. The predicted octanol–water partition coefficient (Wildman–Crippen LogP) is 8.30. The van der Waals surface area contributed by atoms with Crippen molar-refractivity contribution in [1.82, 2.24) is 9.97 Å². The largest absolute Gasteiger partial charge is 0.494 e. The lowest BCUT2D eigenvalue weighted by Gasteiger charge is -2.35. The molecule has 0 aliphatic carbocycles. The van der Waals surface area contributed by atoms with Crippen molar-refractivity contribution in [2.75, 3.05) is 0 Å². The molecule has 4 heterocycles. The van der Waals surface area contributed by atoms with Crippen molar-refractivity contribution in [3.63, 3.8) is 0 Å². The number of aromatic nitrogens is 2. The molecule has 1 unspecified atom stereocenters. The Morgan fingerprint density at radius 2 is 1.45 bits per heavy atom. The predicted molar refractivity (Wildman–Crippen MR) is 168 cm³/mol. The van der Waals surface area contributed by atoms with Crippen LogP contribution in [0.25, 0.3) is 66.7 Å². The van der Waals surface area contributed by atoms with E-state index in [1.165, 1.54) is 0 Å². The molecule has 0 amide bonds. The third-order valence-corrected chi connectivity index (χ3v) is 9.02. The van der Waals surface area contributed by atoms with Crippen molar-refractivity contribution in [1.29, 1.82) is 0 Å². The summed E-state index contributed by atoms with van der Waals surface area (Å²) in [5.41, 5.74) is 6.42. The van der Waals surface area contributed by atoms with E-state index in [0.717, 1.165) is 67.1 Å². The summed E-state index contributed by atoms with van der Waals surface area (Å²) >= 11 is 0. The number of nitrogens with zero attached hydrogens (tertiary/aromatic N) is 2. The fourth-order valence-electron chi connectivity index (χ4n) is 6.08. The Kier molecular flexibility index (Phi) is 5.43. The number of hydrogen-bond donors (Lipinski definition) is 0. The van der Waals surface area contributed by atoms with Gasteiger partial charge in [0.15, 0.2) is 11.4 Å². The lowest BCUT2D eigenvalue weighted by molar-refractivity contribution is -0.0118. The van der Waals surface area contributed by atoms with Gasteiger partial charge < -0.3 is 18.1 Å². The van der Waals surface area contributed by atoms with Crippen LogP contribution in [0.4, 0.5) is 0 Å². The molecule has 0 saturated carbocycles. The van der Waals surface area contributed by atoms with E-state index in [9.17, 15) is 0 Å². The molecule has 1 atom stereocenters. The molecule has 42 heavy (non-hydrogen) atoms. The fourth-order valence-corrected chi connectivity index (χ4v) is 6.08. The van der Waals surface area contributed by atoms with Gasteiger partial charge in [0.2, 0.25) is 0 Å². The van der Waals surface area contributed by atoms with Crippen LogP contribution >= 0.6 is 0 Å². The fraction of sp³-hybridized carbons (Fsp3) is 0.200. The summed E-state index contributed by atoms with van der Waals surface area (Å²) in [6.07, 6.45) is 0.855. The summed E-state index contributed by atoms with van der Waals surface area (Å²) in [7, 11) is -0.462. The van der Waals surface area contributed by atoms with Crippen LogP contribution in [0, 0.1) is 0 Å². The number of furan rings is 2. The molecular formula is C35H29BN2O4. The summed E-state index contributed by atoms with van der Waals surface area (Å²) in [6.45, 7) is 8.42. The smallest absolute Gasteiger partial charge is 0.455 e. The van der Waals surface area contributed by atoms with Gasteiger partial charge in [0.25, 0.3) is 0 Å². The number of fused-ring (bicyclic) bond motifs is 6. The van der Waals surface area contributed by atoms with Crippen LogP contribution in [-0.4, -0.2) is 28.3 Å². The highest BCUT2D eigenvalue weighted by Gasteiger charge is 2.53. The van der Waals surface area contributed by atoms with E-state index in [1.807, 2.05) is 72.8 Å². The SMILES string of the molecule is CCC1(C)OB(c2ccc3c(c2)oc2c(-c4nc(-c5ccccc5)c5oc6ccccc6c5n4)cccc23)OC1(C)C. The second-order valence-electron chi connectivity index (χ2n) is 11.7. The first-order valence-electron chi connectivity index (χ1n) is 14.4. The quantitative estimate of drug-likeness (QED) is 0.205. The van der Waals surface area contributed by atoms with Crippen LogP contribution in [0.1, 0.15) is 34.1 Å². The van der Waals surface area contributed by atoms with Crippen molar-refractivity contribution in [3.8, 4) is 22.6 Å². The molecule has 1 aliphatic rings. The molecule has 8 rings (SSSR count). The first-order valence-corrected chi connectivity index (χ1v) is 14.4. The number of rotatable bonds is 4. The molecule has 1 aliphatic heterocycles. The minimum absolute atomic E-state index is 0.378. The van der Waals surface area contributed by atoms with Crippen molar-refractivity contribution >= 4 is 56.6 Å². The van der Waals surface area contributed by atoms with E-state index in [0.29, 0.717) is 11.4 Å². The van der Waals surface area contributed by atoms with Gasteiger partial charge >= 0.3 is 7.12 Å². The molecule has 1 fully saturated rings. The van der Waals surface area contributed by atoms with E-state index in [2.05, 4.69) is 45.9 Å². The van der Waals surface area contributed by atoms with Crippen LogP contribution in [0.15, 0.2) is 99.8 Å². The maximum absolute atomic E-state index is 6.58. The molecule has 1 saturated heterocycles. The Hall–Kier alpha value is -4.46. The van der Waals surface area contributed by atoms with Gasteiger partial charge in [0, 0.05) is 21.7 Å². The van der Waals surface area contributed by atoms with Crippen LogP contribution in [0.5, 0.6) is 0 Å². The third kappa shape index (κ3) is 3.67. The second-order valence-corrected chi connectivity index (χ2v) is 11.7. The lowest BCUT2D eigenvalue weighted by atomic mass is 9.79. The molecule has 7 heteroatoms. The van der Waals surface area contributed by atoms with E-state index >= 15 is 0 Å². The third-order valence-electron chi connectivity index (χ3n) is 9.02. The van der Waals surface area contributed by atoms with Gasteiger partial charge in [-0.1, -0.05) is 73.7 Å². The van der Waals surface area contributed by atoms with Crippen molar-refractivity contribution in [3.05, 3.63) is 91.0 Å². The monoisotopic (exact) mass is 552 g/mol. The molecule has 0 radical (unpaired) electrons. The topological polar surface area (TPSA) is 70.5 Å². The average Bonchev–Trinajstić information content (AvgIpc) is 3.65. The summed E-state index contributed by atoms with van der Waals surface area (Å²) in [6, 6.07) is 30.4. The Bertz CT molecular complexity index is 2150. The van der Waals surface area contributed by atoms with Gasteiger partial charge in [0.05, 0.1) is 16.8 Å². The zero-order chi connectivity index (χ0) is 28.6. The van der Waals surface area contributed by atoms with E-state index in [4.69, 9.17) is 28.1 Å². The molecule has 3 aromatic heterocycles. The molecule has 6 nitrogen and oxygen atoms in total. The summed E-state index contributed by atoms with van der Waals surface area (Å²) in [5.74, 6) is 0.584. The van der Waals surface area contributed by atoms with Crippen molar-refractivity contribution in [2.24, 2.45) is 0 Å². The number of hydrogen-bond acceptors (Lipinski definition) is 6. The normalized spacial score (nSPS) is 18.6. The highest BCUT2D eigenvalue weighted by atomic mass is 16.7. The molecule has 0 N–H and O–H groups in total. The molecule has 4 aromatic carbocycles. The van der Waals surface area contributed by atoms with E-state index < -0.39 is 12.7 Å². The first-order chi connectivity index (χ1) is 20.3. The van der Waals surface area contributed by atoms with Gasteiger partial charge in [-0.15, -0.1) is 0 Å². The average molecular weight is 552 g/mol. The first kappa shape index (κ1) is 25.3. The van der Waals surface area contributed by atoms with E-state index in [-0.39, 0.29) is 5.60 Å². The summed E-state index contributed by atoms with van der Waals surface area (Å²) in [4.78, 5) is 10.1. The molecular weight excluding hydrogens is 523 g/mol. The van der Waals surface area contributed by atoms with Crippen LogP contribution in [-0.2, 0) is 9.31 Å². The van der Waals surface area contributed by atoms with Gasteiger partial charge in [-0.2, -0.15) is 0 Å². The Labute approximate surface area is 243 Å².